The second kappa shape index (κ2) is 11.3. The molecule has 0 spiro atoms. The normalized spacial score (nSPS) is 15.0. The van der Waals surface area contributed by atoms with Gasteiger partial charge in [-0.25, -0.2) is 12.7 Å². The Morgan fingerprint density at radius 3 is 2.35 bits per heavy atom. The first kappa shape index (κ1) is 25.4. The van der Waals surface area contributed by atoms with Crippen molar-refractivity contribution in [3.63, 3.8) is 0 Å². The monoisotopic (exact) mass is 485 g/mol. The summed E-state index contributed by atoms with van der Waals surface area (Å²) in [6.07, 6.45) is 1.54. The van der Waals surface area contributed by atoms with Crippen molar-refractivity contribution >= 4 is 27.7 Å². The van der Waals surface area contributed by atoms with Crippen molar-refractivity contribution in [3.05, 3.63) is 65.7 Å². The van der Waals surface area contributed by atoms with Crippen LogP contribution in [0.15, 0.2) is 59.5 Å². The summed E-state index contributed by atoms with van der Waals surface area (Å²) in [7, 11) is -3.99. The number of hydrogen-bond donors (Lipinski definition) is 1. The minimum absolute atomic E-state index is 0.0428. The van der Waals surface area contributed by atoms with Crippen LogP contribution in [0.1, 0.15) is 49.0 Å². The number of carbonyl (C=O) groups excluding carboxylic acids is 3. The zero-order valence-corrected chi connectivity index (χ0v) is 20.4. The summed E-state index contributed by atoms with van der Waals surface area (Å²) in [5.41, 5.74) is 1.14. The van der Waals surface area contributed by atoms with E-state index in [9.17, 15) is 22.8 Å². The molecular weight excluding hydrogens is 454 g/mol. The molecule has 2 aromatic rings. The summed E-state index contributed by atoms with van der Waals surface area (Å²) in [6, 6.07) is 15.0. The molecular formula is C25H31N3O5S. The molecule has 0 aliphatic carbocycles. The number of nitrogens with one attached hydrogen (secondary N) is 1. The van der Waals surface area contributed by atoms with Crippen molar-refractivity contribution in [2.75, 3.05) is 19.6 Å². The summed E-state index contributed by atoms with van der Waals surface area (Å²) >= 11 is 0. The third kappa shape index (κ3) is 5.47. The minimum atomic E-state index is -3.99. The van der Waals surface area contributed by atoms with Gasteiger partial charge in [0, 0.05) is 26.1 Å². The van der Waals surface area contributed by atoms with Crippen LogP contribution in [0.4, 0.5) is 0 Å². The highest BCUT2D eigenvalue weighted by Gasteiger charge is 2.41. The maximum absolute atomic E-state index is 13.3. The maximum atomic E-state index is 13.3. The van der Waals surface area contributed by atoms with Crippen molar-refractivity contribution < 1.29 is 22.8 Å². The molecule has 182 valence electrons. The van der Waals surface area contributed by atoms with Gasteiger partial charge in [-0.2, -0.15) is 0 Å². The quantitative estimate of drug-likeness (QED) is 0.527. The predicted molar refractivity (Wildman–Crippen MR) is 129 cm³/mol. The van der Waals surface area contributed by atoms with E-state index in [4.69, 9.17) is 0 Å². The fourth-order valence-corrected chi connectivity index (χ4v) is 5.62. The molecule has 1 aliphatic heterocycles. The van der Waals surface area contributed by atoms with Gasteiger partial charge in [0.25, 0.3) is 15.9 Å². The second-order valence-corrected chi connectivity index (χ2v) is 10.00. The molecule has 0 bridgehead atoms. The van der Waals surface area contributed by atoms with E-state index >= 15 is 0 Å². The van der Waals surface area contributed by atoms with Crippen molar-refractivity contribution in [2.24, 2.45) is 0 Å². The van der Waals surface area contributed by atoms with E-state index in [1.165, 1.54) is 17.0 Å². The molecule has 0 unspecified atom stereocenters. The van der Waals surface area contributed by atoms with Gasteiger partial charge in [-0.15, -0.1) is 0 Å². The van der Waals surface area contributed by atoms with Gasteiger partial charge in [-0.1, -0.05) is 56.3 Å². The lowest BCUT2D eigenvalue weighted by molar-refractivity contribution is -0.140. The van der Waals surface area contributed by atoms with Gasteiger partial charge in [0.1, 0.15) is 10.9 Å². The van der Waals surface area contributed by atoms with E-state index < -0.39 is 22.0 Å². The molecule has 9 heteroatoms. The van der Waals surface area contributed by atoms with Gasteiger partial charge in [-0.3, -0.25) is 14.4 Å². The Bertz CT molecular complexity index is 1130. The highest BCUT2D eigenvalue weighted by molar-refractivity contribution is 7.90. The Balaban J connectivity index is 1.76. The average molecular weight is 486 g/mol. The lowest BCUT2D eigenvalue weighted by Gasteiger charge is -2.31. The number of fused-ring (bicyclic) bond motifs is 1. The van der Waals surface area contributed by atoms with E-state index in [0.29, 0.717) is 25.9 Å². The fourth-order valence-electron chi connectivity index (χ4n) is 4.05. The molecule has 34 heavy (non-hydrogen) atoms. The number of nitrogens with zero attached hydrogens (tertiary/aromatic N) is 2. The van der Waals surface area contributed by atoms with Gasteiger partial charge in [0.2, 0.25) is 11.8 Å². The maximum Gasteiger partial charge on any atom is 0.269 e. The number of amides is 3. The van der Waals surface area contributed by atoms with Crippen molar-refractivity contribution in [1.82, 2.24) is 14.5 Å². The van der Waals surface area contributed by atoms with Gasteiger partial charge in [0.15, 0.2) is 0 Å². The van der Waals surface area contributed by atoms with Crippen LogP contribution in [-0.4, -0.2) is 61.0 Å². The molecule has 1 N–H and O–H groups in total. The largest absolute Gasteiger partial charge is 0.354 e. The number of sulfonamides is 1. The van der Waals surface area contributed by atoms with Crippen molar-refractivity contribution in [3.8, 4) is 0 Å². The number of carbonyl (C=O) groups is 3. The fraction of sp³-hybridized carbons (Fsp3) is 0.400. The van der Waals surface area contributed by atoms with Crippen molar-refractivity contribution in [2.45, 2.75) is 50.5 Å². The zero-order valence-electron chi connectivity index (χ0n) is 19.6. The third-order valence-electron chi connectivity index (χ3n) is 5.86. The van der Waals surface area contributed by atoms with Crippen LogP contribution in [0.2, 0.25) is 0 Å². The SMILES string of the molecule is CCCNC(=O)[C@@H](CC)N(CCc1ccccc1)C(=O)CCN1C(=O)c2ccccc2S1(=O)=O. The first-order valence-corrected chi connectivity index (χ1v) is 13.0. The number of hydrogen-bond acceptors (Lipinski definition) is 5. The first-order valence-electron chi connectivity index (χ1n) is 11.6. The Morgan fingerprint density at radius 2 is 1.71 bits per heavy atom. The highest BCUT2D eigenvalue weighted by atomic mass is 32.2. The lowest BCUT2D eigenvalue weighted by atomic mass is 10.1. The molecule has 0 fully saturated rings. The van der Waals surface area contributed by atoms with Crippen molar-refractivity contribution in [1.29, 1.82) is 0 Å². The zero-order chi connectivity index (χ0) is 24.7. The standard InChI is InChI=1S/C25H31N3O5S/c1-3-16-26-24(30)21(4-2)27(17-14-19-10-6-5-7-11-19)23(29)15-18-28-25(31)20-12-8-9-13-22(20)34(28,32)33/h5-13,21H,3-4,14-18H2,1-2H3,(H,26,30)/t21-/m1/s1. The summed E-state index contributed by atoms with van der Waals surface area (Å²) in [5, 5.41) is 2.85. The van der Waals surface area contributed by atoms with Crippen LogP contribution >= 0.6 is 0 Å². The second-order valence-electron chi connectivity index (χ2n) is 8.17. The molecule has 0 saturated heterocycles. The van der Waals surface area contributed by atoms with Crippen LogP contribution in [0, 0.1) is 0 Å². The van der Waals surface area contributed by atoms with Crippen LogP contribution in [0.5, 0.6) is 0 Å². The smallest absolute Gasteiger partial charge is 0.269 e. The Morgan fingerprint density at radius 1 is 1.03 bits per heavy atom. The molecule has 1 atom stereocenters. The van der Waals surface area contributed by atoms with E-state index in [2.05, 4.69) is 5.32 Å². The van der Waals surface area contributed by atoms with Gasteiger partial charge in [0.05, 0.1) is 5.56 Å². The minimum Gasteiger partial charge on any atom is -0.354 e. The van der Waals surface area contributed by atoms with Gasteiger partial charge >= 0.3 is 0 Å². The molecule has 3 amide bonds. The summed E-state index contributed by atoms with van der Waals surface area (Å²) in [5.74, 6) is -1.23. The van der Waals surface area contributed by atoms with Gasteiger partial charge < -0.3 is 10.2 Å². The van der Waals surface area contributed by atoms with E-state index in [-0.39, 0.29) is 35.2 Å². The van der Waals surface area contributed by atoms with Crippen LogP contribution < -0.4 is 5.32 Å². The Hall–Kier alpha value is -3.20. The van der Waals surface area contributed by atoms with Gasteiger partial charge in [-0.05, 0) is 37.0 Å². The Kier molecular flexibility index (Phi) is 8.44. The first-order chi connectivity index (χ1) is 16.3. The molecule has 0 aromatic heterocycles. The summed E-state index contributed by atoms with van der Waals surface area (Å²) in [6.45, 7) is 4.33. The molecule has 2 aromatic carbocycles. The van der Waals surface area contributed by atoms with Crippen LogP contribution in [0.3, 0.4) is 0 Å². The summed E-state index contributed by atoms with van der Waals surface area (Å²) < 4.78 is 26.4. The predicted octanol–water partition coefficient (Wildman–Crippen LogP) is 2.60. The number of rotatable bonds is 11. The highest BCUT2D eigenvalue weighted by Crippen LogP contribution is 2.30. The molecule has 8 nitrogen and oxygen atoms in total. The topological polar surface area (TPSA) is 104 Å². The molecule has 0 saturated carbocycles. The Labute approximate surface area is 201 Å². The molecule has 1 heterocycles. The van der Waals surface area contributed by atoms with Crippen LogP contribution in [0.25, 0.3) is 0 Å². The van der Waals surface area contributed by atoms with Crippen LogP contribution in [-0.2, 0) is 26.0 Å². The number of benzene rings is 2. The van der Waals surface area contributed by atoms with E-state index in [0.717, 1.165) is 16.3 Å². The average Bonchev–Trinajstić information content (AvgIpc) is 3.04. The van der Waals surface area contributed by atoms with E-state index in [1.54, 1.807) is 12.1 Å². The molecule has 1 aliphatic rings. The summed E-state index contributed by atoms with van der Waals surface area (Å²) in [4.78, 5) is 40.2. The molecule has 3 rings (SSSR count). The van der Waals surface area contributed by atoms with E-state index in [1.807, 2.05) is 44.2 Å². The lowest BCUT2D eigenvalue weighted by Crippen LogP contribution is -2.50. The molecule has 0 radical (unpaired) electrons. The third-order valence-corrected chi connectivity index (χ3v) is 7.70.